The average molecular weight is 207 g/mol. The lowest BCUT2D eigenvalue weighted by molar-refractivity contribution is 0.102. The van der Waals surface area contributed by atoms with Crippen molar-refractivity contribution >= 4 is 21.7 Å². The Labute approximate surface area is 64.8 Å². The zero-order valence-corrected chi connectivity index (χ0v) is 6.48. The van der Waals surface area contributed by atoms with Gasteiger partial charge in [-0.2, -0.15) is 9.49 Å². The Morgan fingerprint density at radius 3 is 3.00 bits per heavy atom. The fraction of sp³-hybridized carbons (Fsp3) is 0.200. The van der Waals surface area contributed by atoms with E-state index < -0.39 is 5.95 Å². The SMILES string of the molecule is O=C(CBr)c1cn[nH]c1F. The minimum absolute atomic E-state index is 0.00289. The maximum absolute atomic E-state index is 12.4. The van der Waals surface area contributed by atoms with E-state index in [9.17, 15) is 9.18 Å². The van der Waals surface area contributed by atoms with Gasteiger partial charge in [-0.05, 0) is 0 Å². The van der Waals surface area contributed by atoms with Crippen molar-refractivity contribution in [1.82, 2.24) is 10.2 Å². The van der Waals surface area contributed by atoms with Crippen LogP contribution in [0.5, 0.6) is 0 Å². The van der Waals surface area contributed by atoms with Crippen LogP contribution in [0, 0.1) is 5.95 Å². The van der Waals surface area contributed by atoms with E-state index in [1.54, 1.807) is 0 Å². The van der Waals surface area contributed by atoms with Crippen molar-refractivity contribution in [2.75, 3.05) is 5.33 Å². The molecule has 0 radical (unpaired) electrons. The van der Waals surface area contributed by atoms with Crippen molar-refractivity contribution in [3.05, 3.63) is 17.7 Å². The lowest BCUT2D eigenvalue weighted by Gasteiger charge is -1.87. The summed E-state index contributed by atoms with van der Waals surface area (Å²) in [5, 5.41) is 5.49. The molecule has 0 spiro atoms. The van der Waals surface area contributed by atoms with Crippen LogP contribution in [0.2, 0.25) is 0 Å². The molecule has 1 heterocycles. The number of carbonyl (C=O) groups excluding carboxylic acids is 1. The summed E-state index contributed by atoms with van der Waals surface area (Å²) >= 11 is 2.91. The molecule has 0 unspecified atom stereocenters. The average Bonchev–Trinajstić information content (AvgIpc) is 2.34. The Morgan fingerprint density at radius 1 is 1.90 bits per heavy atom. The summed E-state index contributed by atoms with van der Waals surface area (Å²) < 4.78 is 12.4. The predicted molar refractivity (Wildman–Crippen MR) is 36.7 cm³/mol. The molecule has 1 aromatic rings. The molecule has 5 heteroatoms. The maximum Gasteiger partial charge on any atom is 0.219 e. The van der Waals surface area contributed by atoms with Crippen molar-refractivity contribution in [3.8, 4) is 0 Å². The molecule has 3 nitrogen and oxygen atoms in total. The predicted octanol–water partition coefficient (Wildman–Crippen LogP) is 1.13. The minimum Gasteiger partial charge on any atom is -0.293 e. The van der Waals surface area contributed by atoms with Gasteiger partial charge in [0, 0.05) is 0 Å². The quantitative estimate of drug-likeness (QED) is 0.583. The summed E-state index contributed by atoms with van der Waals surface area (Å²) in [6, 6.07) is 0. The molecule has 1 aromatic heterocycles. The van der Waals surface area contributed by atoms with E-state index in [1.165, 1.54) is 6.20 Å². The van der Waals surface area contributed by atoms with Gasteiger partial charge < -0.3 is 0 Å². The van der Waals surface area contributed by atoms with Gasteiger partial charge in [0.25, 0.3) is 0 Å². The van der Waals surface area contributed by atoms with Crippen LogP contribution < -0.4 is 0 Å². The number of carbonyl (C=O) groups is 1. The van der Waals surface area contributed by atoms with E-state index in [-0.39, 0.29) is 16.7 Å². The summed E-state index contributed by atoms with van der Waals surface area (Å²) in [7, 11) is 0. The number of hydrogen-bond acceptors (Lipinski definition) is 2. The van der Waals surface area contributed by atoms with Crippen LogP contribution in [-0.2, 0) is 0 Å². The number of H-pyrrole nitrogens is 1. The third-order valence-corrected chi connectivity index (χ3v) is 1.52. The Hall–Kier alpha value is -0.710. The van der Waals surface area contributed by atoms with Crippen molar-refractivity contribution in [3.63, 3.8) is 0 Å². The van der Waals surface area contributed by atoms with E-state index in [1.807, 2.05) is 5.10 Å². The molecule has 0 aliphatic heterocycles. The fourth-order valence-electron chi connectivity index (χ4n) is 0.537. The molecular weight excluding hydrogens is 203 g/mol. The molecule has 0 fully saturated rings. The zero-order chi connectivity index (χ0) is 7.56. The molecule has 0 saturated heterocycles. The summed E-state index contributed by atoms with van der Waals surface area (Å²) in [6.07, 6.45) is 1.17. The van der Waals surface area contributed by atoms with E-state index in [4.69, 9.17) is 0 Å². The number of Topliss-reactive ketones (excluding diaryl/α,β-unsaturated/α-hetero) is 1. The monoisotopic (exact) mass is 206 g/mol. The number of alkyl halides is 1. The summed E-state index contributed by atoms with van der Waals surface area (Å²) in [5.41, 5.74) is -0.00289. The van der Waals surface area contributed by atoms with E-state index in [0.717, 1.165) is 0 Å². The second-order valence-electron chi connectivity index (χ2n) is 1.65. The van der Waals surface area contributed by atoms with Gasteiger partial charge >= 0.3 is 0 Å². The Bertz CT molecular complexity index is 248. The highest BCUT2D eigenvalue weighted by atomic mass is 79.9. The Kier molecular flexibility index (Phi) is 2.16. The topological polar surface area (TPSA) is 45.8 Å². The van der Waals surface area contributed by atoms with E-state index in [2.05, 4.69) is 21.0 Å². The van der Waals surface area contributed by atoms with Gasteiger partial charge in [0.2, 0.25) is 5.95 Å². The lowest BCUT2D eigenvalue weighted by atomic mass is 10.2. The number of hydrogen-bond donors (Lipinski definition) is 1. The molecule has 0 saturated carbocycles. The van der Waals surface area contributed by atoms with Crippen LogP contribution in [-0.4, -0.2) is 21.3 Å². The van der Waals surface area contributed by atoms with Gasteiger partial charge in [0.1, 0.15) is 0 Å². The van der Waals surface area contributed by atoms with Gasteiger partial charge in [-0.3, -0.25) is 9.89 Å². The number of nitrogens with one attached hydrogen (secondary N) is 1. The first-order valence-corrected chi connectivity index (χ1v) is 3.66. The van der Waals surface area contributed by atoms with Crippen LogP contribution in [0.1, 0.15) is 10.4 Å². The van der Waals surface area contributed by atoms with Crippen LogP contribution in [0.25, 0.3) is 0 Å². The summed E-state index contributed by atoms with van der Waals surface area (Å²) in [4.78, 5) is 10.7. The largest absolute Gasteiger partial charge is 0.293 e. The molecule has 0 aromatic carbocycles. The molecule has 0 aliphatic carbocycles. The van der Waals surface area contributed by atoms with Crippen molar-refractivity contribution in [1.29, 1.82) is 0 Å². The van der Waals surface area contributed by atoms with Crippen molar-refractivity contribution in [2.45, 2.75) is 0 Å². The normalized spacial score (nSPS) is 9.80. The van der Waals surface area contributed by atoms with Crippen LogP contribution >= 0.6 is 15.9 Å². The maximum atomic E-state index is 12.4. The highest BCUT2D eigenvalue weighted by Gasteiger charge is 2.10. The van der Waals surface area contributed by atoms with Gasteiger partial charge in [0.05, 0.1) is 17.1 Å². The van der Waals surface area contributed by atoms with Crippen molar-refractivity contribution < 1.29 is 9.18 Å². The number of aromatic nitrogens is 2. The fourth-order valence-corrected chi connectivity index (χ4v) is 0.839. The number of nitrogens with zero attached hydrogens (tertiary/aromatic N) is 1. The van der Waals surface area contributed by atoms with Crippen molar-refractivity contribution in [2.24, 2.45) is 0 Å². The number of rotatable bonds is 2. The smallest absolute Gasteiger partial charge is 0.219 e. The summed E-state index contributed by atoms with van der Waals surface area (Å²) in [6.45, 7) is 0. The Morgan fingerprint density at radius 2 is 2.60 bits per heavy atom. The number of halogens is 2. The third kappa shape index (κ3) is 1.23. The third-order valence-electron chi connectivity index (χ3n) is 1.01. The molecule has 0 amide bonds. The highest BCUT2D eigenvalue weighted by molar-refractivity contribution is 9.09. The van der Waals surface area contributed by atoms with Gasteiger partial charge in [0.15, 0.2) is 5.78 Å². The number of aromatic amines is 1. The van der Waals surface area contributed by atoms with E-state index in [0.29, 0.717) is 0 Å². The van der Waals surface area contributed by atoms with Crippen LogP contribution in [0.4, 0.5) is 4.39 Å². The highest BCUT2D eigenvalue weighted by Crippen LogP contribution is 2.04. The first-order valence-electron chi connectivity index (χ1n) is 2.53. The first kappa shape index (κ1) is 7.40. The molecular formula is C5H4BrFN2O. The number of ketones is 1. The molecule has 54 valence electrons. The summed E-state index contributed by atoms with van der Waals surface area (Å²) in [5.74, 6) is -0.990. The molecule has 1 rings (SSSR count). The molecule has 0 bridgehead atoms. The van der Waals surface area contributed by atoms with Gasteiger partial charge in [-0.1, -0.05) is 15.9 Å². The van der Waals surface area contributed by atoms with Gasteiger partial charge in [-0.15, -0.1) is 0 Å². The Balaban J connectivity index is 2.93. The van der Waals surface area contributed by atoms with Crippen LogP contribution in [0.15, 0.2) is 6.20 Å². The molecule has 1 N–H and O–H groups in total. The van der Waals surface area contributed by atoms with Crippen LogP contribution in [0.3, 0.4) is 0 Å². The molecule has 10 heavy (non-hydrogen) atoms. The lowest BCUT2D eigenvalue weighted by Crippen LogP contribution is -2.00. The van der Waals surface area contributed by atoms with Gasteiger partial charge in [-0.25, -0.2) is 0 Å². The molecule has 0 aliphatic rings. The molecule has 0 atom stereocenters. The zero-order valence-electron chi connectivity index (χ0n) is 4.90. The minimum atomic E-state index is -0.676. The standard InChI is InChI=1S/C5H4BrFN2O/c6-1-4(10)3-2-8-9-5(3)7/h2H,1H2,(H,8,9). The second-order valence-corrected chi connectivity index (χ2v) is 2.22. The second kappa shape index (κ2) is 2.92. The first-order chi connectivity index (χ1) is 4.75. The van der Waals surface area contributed by atoms with E-state index >= 15 is 0 Å².